The molecule has 0 fully saturated rings. The van der Waals surface area contributed by atoms with E-state index in [1.54, 1.807) is 6.20 Å². The lowest BCUT2D eigenvalue weighted by atomic mass is 10.0. The number of hydrogen-bond donors (Lipinski definition) is 2. The molecule has 0 bridgehead atoms. The molecular weight excluding hydrogens is 412 g/mol. The van der Waals surface area contributed by atoms with Gasteiger partial charge >= 0.3 is 0 Å². The number of unbranched alkanes of at least 4 members (excludes halogenated alkanes) is 3. The van der Waals surface area contributed by atoms with E-state index >= 15 is 0 Å². The molecule has 0 unspecified atom stereocenters. The smallest absolute Gasteiger partial charge is 0.162 e. The van der Waals surface area contributed by atoms with Crippen molar-refractivity contribution in [2.75, 3.05) is 11.5 Å². The van der Waals surface area contributed by atoms with Crippen molar-refractivity contribution in [2.24, 2.45) is 0 Å². The molecule has 0 atom stereocenters. The van der Waals surface area contributed by atoms with Gasteiger partial charge in [-0.15, -0.1) is 0 Å². The maximum Gasteiger partial charge on any atom is 0.162 e. The number of rotatable bonds is 10. The van der Waals surface area contributed by atoms with Gasteiger partial charge in [0, 0.05) is 36.8 Å². The van der Waals surface area contributed by atoms with Gasteiger partial charge in [0.2, 0.25) is 0 Å². The second-order valence-electron chi connectivity index (χ2n) is 8.65. The second kappa shape index (κ2) is 9.98. The van der Waals surface area contributed by atoms with Gasteiger partial charge in [-0.05, 0) is 62.1 Å². The zero-order chi connectivity index (χ0) is 23.4. The van der Waals surface area contributed by atoms with E-state index in [1.807, 2.05) is 37.3 Å². The predicted octanol–water partition coefficient (Wildman–Crippen LogP) is 5.24. The number of anilines is 2. The van der Waals surface area contributed by atoms with Crippen LogP contribution in [0.25, 0.3) is 22.1 Å². The van der Waals surface area contributed by atoms with Crippen LogP contribution < -0.4 is 11.5 Å². The fraction of sp³-hybridized carbons (Fsp3) is 0.385. The first kappa shape index (κ1) is 22.7. The Morgan fingerprint density at radius 1 is 1.03 bits per heavy atom. The Balaban J connectivity index is 1.48. The highest BCUT2D eigenvalue weighted by atomic mass is 16.1. The molecule has 7 heteroatoms. The highest BCUT2D eigenvalue weighted by Crippen LogP contribution is 2.28. The molecule has 4 aromatic rings. The van der Waals surface area contributed by atoms with Gasteiger partial charge < -0.3 is 16.0 Å². The number of nitrogens with zero attached hydrogens (tertiary/aromatic N) is 4. The molecule has 0 aliphatic carbocycles. The Labute approximate surface area is 194 Å². The minimum atomic E-state index is 0.170. The SMILES string of the molecule is CCCCc1nc2c(N)nc3cccnc3c2n1CCCCCC(=O)c1ccc(N)c(C)c1. The van der Waals surface area contributed by atoms with Crippen LogP contribution >= 0.6 is 0 Å². The van der Waals surface area contributed by atoms with Crippen LogP contribution in [0.3, 0.4) is 0 Å². The number of Topliss-reactive ketones (excluding diaryl/α,β-unsaturated/α-hetero) is 1. The van der Waals surface area contributed by atoms with Crippen LogP contribution in [0.4, 0.5) is 11.5 Å². The lowest BCUT2D eigenvalue weighted by molar-refractivity contribution is 0.0979. The Kier molecular flexibility index (Phi) is 6.87. The van der Waals surface area contributed by atoms with Crippen LogP contribution in [0.15, 0.2) is 36.5 Å². The van der Waals surface area contributed by atoms with Crippen LogP contribution in [0.1, 0.15) is 67.2 Å². The molecular formula is C26H32N6O. The summed E-state index contributed by atoms with van der Waals surface area (Å²) in [5.74, 6) is 1.65. The summed E-state index contributed by atoms with van der Waals surface area (Å²) in [7, 11) is 0. The van der Waals surface area contributed by atoms with Gasteiger partial charge in [0.15, 0.2) is 11.6 Å². The summed E-state index contributed by atoms with van der Waals surface area (Å²) in [5, 5.41) is 0. The number of benzene rings is 1. The third-order valence-electron chi connectivity index (χ3n) is 6.17. The number of aromatic nitrogens is 4. The van der Waals surface area contributed by atoms with Crippen LogP contribution in [0, 0.1) is 6.92 Å². The molecule has 172 valence electrons. The Morgan fingerprint density at radius 2 is 1.88 bits per heavy atom. The molecule has 0 saturated heterocycles. The van der Waals surface area contributed by atoms with Crippen molar-refractivity contribution in [2.45, 2.75) is 65.3 Å². The molecule has 4 N–H and O–H groups in total. The predicted molar refractivity (Wildman–Crippen MR) is 134 cm³/mol. The first-order chi connectivity index (χ1) is 16.0. The summed E-state index contributed by atoms with van der Waals surface area (Å²) in [6, 6.07) is 9.32. The van der Waals surface area contributed by atoms with Crippen LogP contribution in [0.2, 0.25) is 0 Å². The number of imidazole rings is 1. The summed E-state index contributed by atoms with van der Waals surface area (Å²) in [6.07, 6.45) is 8.15. The zero-order valence-corrected chi connectivity index (χ0v) is 19.5. The number of aryl methyl sites for hydroxylation is 3. The number of nitrogens with two attached hydrogens (primary N) is 2. The summed E-state index contributed by atoms with van der Waals surface area (Å²) in [6.45, 7) is 4.93. The largest absolute Gasteiger partial charge is 0.399 e. The molecule has 33 heavy (non-hydrogen) atoms. The van der Waals surface area contributed by atoms with Gasteiger partial charge in [0.05, 0.1) is 5.52 Å². The number of carbonyl (C=O) groups is 1. The maximum absolute atomic E-state index is 12.5. The summed E-state index contributed by atoms with van der Waals surface area (Å²) in [5.41, 5.74) is 17.9. The Hall–Kier alpha value is -3.48. The van der Waals surface area contributed by atoms with E-state index in [9.17, 15) is 4.79 Å². The molecule has 0 spiro atoms. The molecule has 3 heterocycles. The number of ketones is 1. The Morgan fingerprint density at radius 3 is 2.67 bits per heavy atom. The van der Waals surface area contributed by atoms with E-state index in [-0.39, 0.29) is 5.78 Å². The zero-order valence-electron chi connectivity index (χ0n) is 19.5. The average Bonchev–Trinajstić information content (AvgIpc) is 3.18. The van der Waals surface area contributed by atoms with Gasteiger partial charge in [-0.1, -0.05) is 19.8 Å². The van der Waals surface area contributed by atoms with E-state index in [4.69, 9.17) is 16.5 Å². The van der Waals surface area contributed by atoms with E-state index in [1.165, 1.54) is 0 Å². The number of nitrogen functional groups attached to an aromatic ring is 2. The third kappa shape index (κ3) is 4.82. The highest BCUT2D eigenvalue weighted by molar-refractivity contribution is 6.04. The molecule has 0 aliphatic heterocycles. The van der Waals surface area contributed by atoms with Gasteiger partial charge in [0.25, 0.3) is 0 Å². The monoisotopic (exact) mass is 444 g/mol. The number of fused-ring (bicyclic) bond motifs is 3. The number of carbonyl (C=O) groups excluding carboxylic acids is 1. The fourth-order valence-corrected chi connectivity index (χ4v) is 4.26. The van der Waals surface area contributed by atoms with Crippen molar-refractivity contribution in [3.63, 3.8) is 0 Å². The van der Waals surface area contributed by atoms with Crippen LogP contribution in [-0.2, 0) is 13.0 Å². The topological polar surface area (TPSA) is 113 Å². The first-order valence-corrected chi connectivity index (χ1v) is 11.8. The fourth-order valence-electron chi connectivity index (χ4n) is 4.26. The lowest BCUT2D eigenvalue weighted by Gasteiger charge is -2.10. The van der Waals surface area contributed by atoms with E-state index in [0.29, 0.717) is 12.2 Å². The number of hydrogen-bond acceptors (Lipinski definition) is 6. The molecule has 0 radical (unpaired) electrons. The second-order valence-corrected chi connectivity index (χ2v) is 8.65. The van der Waals surface area contributed by atoms with Crippen molar-refractivity contribution in [3.05, 3.63) is 53.5 Å². The van der Waals surface area contributed by atoms with Crippen molar-refractivity contribution < 1.29 is 4.79 Å². The quantitative estimate of drug-likeness (QED) is 0.196. The molecule has 0 saturated carbocycles. The molecule has 0 amide bonds. The molecule has 1 aromatic carbocycles. The van der Waals surface area contributed by atoms with E-state index in [2.05, 4.69) is 21.5 Å². The summed E-state index contributed by atoms with van der Waals surface area (Å²) < 4.78 is 2.27. The normalized spacial score (nSPS) is 11.5. The van der Waals surface area contributed by atoms with Crippen LogP contribution in [-0.4, -0.2) is 25.3 Å². The molecule has 3 aromatic heterocycles. The summed E-state index contributed by atoms with van der Waals surface area (Å²) in [4.78, 5) is 26.5. The highest BCUT2D eigenvalue weighted by Gasteiger charge is 2.17. The van der Waals surface area contributed by atoms with Crippen molar-refractivity contribution in [3.8, 4) is 0 Å². The number of pyridine rings is 2. The average molecular weight is 445 g/mol. The van der Waals surface area contributed by atoms with Crippen LogP contribution in [0.5, 0.6) is 0 Å². The summed E-state index contributed by atoms with van der Waals surface area (Å²) >= 11 is 0. The van der Waals surface area contributed by atoms with Gasteiger partial charge in [-0.2, -0.15) is 0 Å². The standard InChI is InChI=1S/C26H32N6O/c1-3-4-11-22-31-24-25(23-20(30-26(24)28)9-8-14-29-23)32(22)15-7-5-6-10-21(33)18-12-13-19(27)17(2)16-18/h8-9,12-14,16H,3-7,10-11,15,27H2,1-2H3,(H2,28,30). The lowest BCUT2D eigenvalue weighted by Crippen LogP contribution is -2.06. The minimum Gasteiger partial charge on any atom is -0.399 e. The molecule has 7 nitrogen and oxygen atoms in total. The van der Waals surface area contributed by atoms with E-state index in [0.717, 1.165) is 89.8 Å². The van der Waals surface area contributed by atoms with Crippen molar-refractivity contribution in [1.29, 1.82) is 0 Å². The minimum absolute atomic E-state index is 0.170. The Bertz CT molecular complexity index is 1290. The van der Waals surface area contributed by atoms with Gasteiger partial charge in [-0.25, -0.2) is 9.97 Å². The molecule has 4 rings (SSSR count). The molecule has 0 aliphatic rings. The maximum atomic E-state index is 12.5. The van der Waals surface area contributed by atoms with E-state index < -0.39 is 0 Å². The van der Waals surface area contributed by atoms with Gasteiger partial charge in [0.1, 0.15) is 22.4 Å². The van der Waals surface area contributed by atoms with Crippen molar-refractivity contribution in [1.82, 2.24) is 19.5 Å². The third-order valence-corrected chi connectivity index (χ3v) is 6.17. The first-order valence-electron chi connectivity index (χ1n) is 11.8. The van der Waals surface area contributed by atoms with Crippen molar-refractivity contribution >= 4 is 39.4 Å². The van der Waals surface area contributed by atoms with Gasteiger partial charge in [-0.3, -0.25) is 9.78 Å².